The molecule has 1 amide bonds. The van der Waals surface area contributed by atoms with Crippen molar-refractivity contribution >= 4 is 17.7 Å². The molecule has 0 aromatic rings. The highest BCUT2D eigenvalue weighted by Gasteiger charge is 2.17. The van der Waals surface area contributed by atoms with Gasteiger partial charge in [0.25, 0.3) is 0 Å². The van der Waals surface area contributed by atoms with E-state index in [2.05, 4.69) is 0 Å². The van der Waals surface area contributed by atoms with E-state index in [1.165, 1.54) is 11.8 Å². The number of aliphatic hydroxyl groups is 1. The van der Waals surface area contributed by atoms with Gasteiger partial charge >= 0.3 is 0 Å². The first-order valence-corrected chi connectivity index (χ1v) is 5.87. The van der Waals surface area contributed by atoms with Gasteiger partial charge in [-0.2, -0.15) is 0 Å². The molecule has 0 spiro atoms. The van der Waals surface area contributed by atoms with Crippen LogP contribution in [0.15, 0.2) is 0 Å². The number of aliphatic hydroxyl groups excluding tert-OH is 1. The van der Waals surface area contributed by atoms with Crippen LogP contribution in [0.3, 0.4) is 0 Å². The Morgan fingerprint density at radius 2 is 2.21 bits per heavy atom. The summed E-state index contributed by atoms with van der Waals surface area (Å²) in [7, 11) is 0. The smallest absolute Gasteiger partial charge is 0.232 e. The van der Waals surface area contributed by atoms with Gasteiger partial charge in [0.05, 0.1) is 25.6 Å². The number of carbonyl (C=O) groups excluding carboxylic acids is 1. The van der Waals surface area contributed by atoms with Crippen molar-refractivity contribution in [2.24, 2.45) is 0 Å². The summed E-state index contributed by atoms with van der Waals surface area (Å²) in [5.74, 6) is 0.612. The van der Waals surface area contributed by atoms with E-state index in [0.29, 0.717) is 32.1 Å². The van der Waals surface area contributed by atoms with Crippen LogP contribution in [0.25, 0.3) is 0 Å². The lowest BCUT2D eigenvalue weighted by Crippen LogP contribution is -2.41. The Morgan fingerprint density at radius 3 is 2.79 bits per heavy atom. The van der Waals surface area contributed by atoms with E-state index in [1.54, 1.807) is 0 Å². The van der Waals surface area contributed by atoms with Crippen LogP contribution in [0.1, 0.15) is 6.92 Å². The van der Waals surface area contributed by atoms with E-state index in [4.69, 9.17) is 9.84 Å². The van der Waals surface area contributed by atoms with Gasteiger partial charge in [0.15, 0.2) is 0 Å². The fourth-order valence-electron chi connectivity index (χ4n) is 1.17. The molecule has 1 fully saturated rings. The molecule has 0 radical (unpaired) electrons. The summed E-state index contributed by atoms with van der Waals surface area (Å²) >= 11 is 1.50. The molecule has 1 aliphatic rings. The van der Waals surface area contributed by atoms with Crippen molar-refractivity contribution in [3.8, 4) is 0 Å². The summed E-state index contributed by atoms with van der Waals surface area (Å²) in [4.78, 5) is 13.4. The summed E-state index contributed by atoms with van der Waals surface area (Å²) in [5, 5.41) is 8.93. The predicted molar refractivity (Wildman–Crippen MR) is 56.4 cm³/mol. The summed E-state index contributed by atoms with van der Waals surface area (Å²) in [6.45, 7) is 4.73. The number of hydrogen-bond acceptors (Lipinski definition) is 4. The van der Waals surface area contributed by atoms with Gasteiger partial charge < -0.3 is 14.7 Å². The molecule has 82 valence electrons. The number of rotatable bonds is 4. The van der Waals surface area contributed by atoms with E-state index in [1.807, 2.05) is 11.8 Å². The molecule has 1 rings (SSSR count). The van der Waals surface area contributed by atoms with Crippen molar-refractivity contribution in [3.05, 3.63) is 0 Å². The highest BCUT2D eigenvalue weighted by Crippen LogP contribution is 2.11. The van der Waals surface area contributed by atoms with Crippen LogP contribution in [0, 0.1) is 0 Å². The third-order valence-electron chi connectivity index (χ3n) is 2.11. The van der Waals surface area contributed by atoms with Crippen LogP contribution in [-0.2, 0) is 9.53 Å². The van der Waals surface area contributed by atoms with E-state index < -0.39 is 0 Å². The Balaban J connectivity index is 2.19. The minimum absolute atomic E-state index is 0.126. The monoisotopic (exact) mass is 219 g/mol. The molecule has 4 nitrogen and oxygen atoms in total. The van der Waals surface area contributed by atoms with Crippen molar-refractivity contribution < 1.29 is 14.6 Å². The highest BCUT2D eigenvalue weighted by molar-refractivity contribution is 8.00. The quantitative estimate of drug-likeness (QED) is 0.721. The van der Waals surface area contributed by atoms with Crippen LogP contribution in [0.5, 0.6) is 0 Å². The Hall–Kier alpha value is -0.260. The fraction of sp³-hybridized carbons (Fsp3) is 0.889. The molecule has 14 heavy (non-hydrogen) atoms. The maximum atomic E-state index is 11.6. The fourth-order valence-corrected chi connectivity index (χ4v) is 1.89. The Labute approximate surface area is 88.6 Å². The van der Waals surface area contributed by atoms with Crippen molar-refractivity contribution in [2.45, 2.75) is 12.2 Å². The Bertz CT molecular complexity index is 183. The third-order valence-corrected chi connectivity index (χ3v) is 3.24. The molecule has 1 heterocycles. The zero-order chi connectivity index (χ0) is 10.4. The molecule has 1 aliphatic heterocycles. The normalized spacial score (nSPS) is 19.4. The van der Waals surface area contributed by atoms with Gasteiger partial charge in [0.1, 0.15) is 0 Å². The molecule has 1 saturated heterocycles. The maximum absolute atomic E-state index is 11.6. The van der Waals surface area contributed by atoms with Gasteiger partial charge in [-0.25, -0.2) is 0 Å². The van der Waals surface area contributed by atoms with Crippen LogP contribution < -0.4 is 0 Å². The Morgan fingerprint density at radius 1 is 1.57 bits per heavy atom. The minimum atomic E-state index is 0.126. The molecule has 0 aromatic carbocycles. The standard InChI is InChI=1S/C9H17NO3S/c1-8(6-11)14-7-9(12)10-2-4-13-5-3-10/h8,11H,2-7H2,1H3. The van der Waals surface area contributed by atoms with Crippen molar-refractivity contribution in [1.29, 1.82) is 0 Å². The van der Waals surface area contributed by atoms with Gasteiger partial charge in [0, 0.05) is 18.3 Å². The van der Waals surface area contributed by atoms with Gasteiger partial charge in [-0.05, 0) is 0 Å². The maximum Gasteiger partial charge on any atom is 0.232 e. The molecule has 1 atom stereocenters. The van der Waals surface area contributed by atoms with Crippen LogP contribution >= 0.6 is 11.8 Å². The number of nitrogens with zero attached hydrogens (tertiary/aromatic N) is 1. The zero-order valence-electron chi connectivity index (χ0n) is 8.44. The molecule has 1 unspecified atom stereocenters. The summed E-state index contributed by atoms with van der Waals surface area (Å²) in [5.41, 5.74) is 0. The lowest BCUT2D eigenvalue weighted by Gasteiger charge is -2.27. The molecule has 0 saturated carbocycles. The van der Waals surface area contributed by atoms with Crippen LogP contribution in [-0.4, -0.2) is 59.8 Å². The Kier molecular flexibility index (Phi) is 5.29. The average molecular weight is 219 g/mol. The second-order valence-electron chi connectivity index (χ2n) is 3.30. The SMILES string of the molecule is CC(CO)SCC(=O)N1CCOCC1. The van der Waals surface area contributed by atoms with Crippen molar-refractivity contribution in [2.75, 3.05) is 38.7 Å². The van der Waals surface area contributed by atoms with Gasteiger partial charge in [-0.3, -0.25) is 4.79 Å². The van der Waals surface area contributed by atoms with Crippen molar-refractivity contribution in [1.82, 2.24) is 4.90 Å². The lowest BCUT2D eigenvalue weighted by molar-refractivity contribution is -0.132. The first-order chi connectivity index (χ1) is 6.74. The van der Waals surface area contributed by atoms with Gasteiger partial charge in [-0.15, -0.1) is 11.8 Å². The first-order valence-electron chi connectivity index (χ1n) is 4.82. The predicted octanol–water partition coefficient (Wildman–Crippen LogP) is -0.0408. The first kappa shape index (κ1) is 11.8. The largest absolute Gasteiger partial charge is 0.395 e. The molecular formula is C9H17NO3S. The molecule has 5 heteroatoms. The van der Waals surface area contributed by atoms with Crippen LogP contribution in [0.2, 0.25) is 0 Å². The molecule has 0 aromatic heterocycles. The number of thioether (sulfide) groups is 1. The van der Waals surface area contributed by atoms with E-state index in [0.717, 1.165) is 0 Å². The molecule has 1 N–H and O–H groups in total. The molecule has 0 bridgehead atoms. The summed E-state index contributed by atoms with van der Waals surface area (Å²) < 4.78 is 5.16. The van der Waals surface area contributed by atoms with Crippen LogP contribution in [0.4, 0.5) is 0 Å². The number of hydrogen-bond donors (Lipinski definition) is 1. The summed E-state index contributed by atoms with van der Waals surface area (Å²) in [6.07, 6.45) is 0. The van der Waals surface area contributed by atoms with Gasteiger partial charge in [-0.1, -0.05) is 6.92 Å². The number of morpholine rings is 1. The van der Waals surface area contributed by atoms with E-state index in [-0.39, 0.29) is 17.8 Å². The van der Waals surface area contributed by atoms with Gasteiger partial charge in [0.2, 0.25) is 5.91 Å². The van der Waals surface area contributed by atoms with E-state index in [9.17, 15) is 4.79 Å². The third kappa shape index (κ3) is 3.86. The average Bonchev–Trinajstić information content (AvgIpc) is 2.26. The van der Waals surface area contributed by atoms with Crippen molar-refractivity contribution in [3.63, 3.8) is 0 Å². The summed E-state index contributed by atoms with van der Waals surface area (Å²) in [6, 6.07) is 0. The topological polar surface area (TPSA) is 49.8 Å². The second-order valence-corrected chi connectivity index (χ2v) is 4.72. The molecular weight excluding hydrogens is 202 g/mol. The lowest BCUT2D eigenvalue weighted by atomic mass is 10.4. The number of ether oxygens (including phenoxy) is 1. The second kappa shape index (κ2) is 6.27. The van der Waals surface area contributed by atoms with E-state index >= 15 is 0 Å². The number of carbonyl (C=O) groups is 1. The number of amides is 1. The zero-order valence-corrected chi connectivity index (χ0v) is 9.26. The highest BCUT2D eigenvalue weighted by atomic mass is 32.2. The minimum Gasteiger partial charge on any atom is -0.395 e. The molecule has 0 aliphatic carbocycles.